The van der Waals surface area contributed by atoms with Crippen LogP contribution in [0.25, 0.3) is 0 Å². The van der Waals surface area contributed by atoms with Crippen molar-refractivity contribution >= 4 is 6.03 Å². The van der Waals surface area contributed by atoms with Crippen molar-refractivity contribution < 1.29 is 4.79 Å². The molecule has 0 bridgehead atoms. The summed E-state index contributed by atoms with van der Waals surface area (Å²) in [6.07, 6.45) is 9.94. The van der Waals surface area contributed by atoms with Gasteiger partial charge < -0.3 is 15.5 Å². The fourth-order valence-electron chi connectivity index (χ4n) is 3.10. The van der Waals surface area contributed by atoms with Crippen LogP contribution in [0.5, 0.6) is 0 Å². The quantitative estimate of drug-likeness (QED) is 0.809. The van der Waals surface area contributed by atoms with Gasteiger partial charge in [0.05, 0.1) is 0 Å². The molecule has 1 heterocycles. The predicted octanol–water partition coefficient (Wildman–Crippen LogP) is 2.10. The molecule has 2 rings (SSSR count). The number of urea groups is 1. The van der Waals surface area contributed by atoms with Crippen LogP contribution in [-0.2, 0) is 0 Å². The molecule has 0 spiro atoms. The van der Waals surface area contributed by atoms with Crippen LogP contribution in [-0.4, -0.2) is 43.2 Å². The molecule has 0 aromatic heterocycles. The van der Waals surface area contributed by atoms with Gasteiger partial charge >= 0.3 is 6.03 Å². The number of nitrogens with one attached hydrogen (secondary N) is 2. The lowest BCUT2D eigenvalue weighted by molar-refractivity contribution is 0.179. The van der Waals surface area contributed by atoms with E-state index in [1.807, 2.05) is 0 Å². The maximum absolute atomic E-state index is 11.8. The lowest BCUT2D eigenvalue weighted by Gasteiger charge is -2.32. The molecule has 1 saturated heterocycles. The van der Waals surface area contributed by atoms with Crippen LogP contribution in [0.2, 0.25) is 0 Å². The molecule has 2 aliphatic rings. The van der Waals surface area contributed by atoms with E-state index in [0.717, 1.165) is 25.9 Å². The normalized spacial score (nSPS) is 26.8. The van der Waals surface area contributed by atoms with Crippen molar-refractivity contribution in [3.63, 3.8) is 0 Å². The van der Waals surface area contributed by atoms with Crippen LogP contribution in [0.4, 0.5) is 4.79 Å². The zero-order valence-corrected chi connectivity index (χ0v) is 11.6. The molecule has 1 unspecified atom stereocenters. The van der Waals surface area contributed by atoms with Gasteiger partial charge in [0.25, 0.3) is 0 Å². The lowest BCUT2D eigenvalue weighted by Crippen LogP contribution is -2.49. The number of piperidine rings is 1. The SMILES string of the molecule is CN1CCCCC1CNC(=O)NC1CCCCC1. The van der Waals surface area contributed by atoms with Crippen LogP contribution in [0.3, 0.4) is 0 Å². The smallest absolute Gasteiger partial charge is 0.315 e. The maximum Gasteiger partial charge on any atom is 0.315 e. The summed E-state index contributed by atoms with van der Waals surface area (Å²) in [5.41, 5.74) is 0. The van der Waals surface area contributed by atoms with Gasteiger partial charge in [0.15, 0.2) is 0 Å². The minimum absolute atomic E-state index is 0.0286. The van der Waals surface area contributed by atoms with Crippen molar-refractivity contribution in [2.45, 2.75) is 63.5 Å². The summed E-state index contributed by atoms with van der Waals surface area (Å²) in [5.74, 6) is 0. The molecule has 104 valence electrons. The Balaban J connectivity index is 1.64. The number of likely N-dealkylation sites (N-methyl/N-ethyl adjacent to an activating group) is 1. The summed E-state index contributed by atoms with van der Waals surface area (Å²) >= 11 is 0. The van der Waals surface area contributed by atoms with Crippen molar-refractivity contribution in [3.8, 4) is 0 Å². The van der Waals surface area contributed by atoms with Gasteiger partial charge in [0.1, 0.15) is 0 Å². The Bertz CT molecular complexity index is 264. The van der Waals surface area contributed by atoms with Gasteiger partial charge in [-0.3, -0.25) is 0 Å². The van der Waals surface area contributed by atoms with Gasteiger partial charge in [0.2, 0.25) is 0 Å². The van der Waals surface area contributed by atoms with Gasteiger partial charge in [-0.25, -0.2) is 4.79 Å². The van der Waals surface area contributed by atoms with Crippen LogP contribution in [0, 0.1) is 0 Å². The van der Waals surface area contributed by atoms with E-state index in [1.165, 1.54) is 38.5 Å². The Morgan fingerprint density at radius 3 is 2.56 bits per heavy atom. The summed E-state index contributed by atoms with van der Waals surface area (Å²) in [6.45, 7) is 1.95. The molecule has 4 heteroatoms. The Morgan fingerprint density at radius 1 is 1.11 bits per heavy atom. The second kappa shape index (κ2) is 6.98. The third-order valence-electron chi connectivity index (χ3n) is 4.36. The van der Waals surface area contributed by atoms with E-state index in [9.17, 15) is 4.79 Å². The molecule has 1 atom stereocenters. The Kier molecular flexibility index (Phi) is 5.29. The minimum Gasteiger partial charge on any atom is -0.337 e. The van der Waals surface area contributed by atoms with E-state index < -0.39 is 0 Å². The summed E-state index contributed by atoms with van der Waals surface area (Å²) in [5, 5.41) is 6.14. The molecule has 0 aromatic carbocycles. The first-order chi connectivity index (χ1) is 8.75. The van der Waals surface area contributed by atoms with Crippen molar-refractivity contribution in [2.24, 2.45) is 0 Å². The fraction of sp³-hybridized carbons (Fsp3) is 0.929. The van der Waals surface area contributed by atoms with Gasteiger partial charge in [-0.1, -0.05) is 25.7 Å². The third kappa shape index (κ3) is 4.16. The number of likely N-dealkylation sites (tertiary alicyclic amines) is 1. The molecule has 2 N–H and O–H groups in total. The lowest BCUT2D eigenvalue weighted by atomic mass is 9.96. The number of hydrogen-bond donors (Lipinski definition) is 2. The topological polar surface area (TPSA) is 44.4 Å². The average Bonchev–Trinajstić information content (AvgIpc) is 2.39. The van der Waals surface area contributed by atoms with E-state index in [-0.39, 0.29) is 6.03 Å². The van der Waals surface area contributed by atoms with Gasteiger partial charge in [-0.05, 0) is 39.3 Å². The minimum atomic E-state index is 0.0286. The monoisotopic (exact) mass is 253 g/mol. The first-order valence-corrected chi connectivity index (χ1v) is 7.50. The first kappa shape index (κ1) is 13.7. The van der Waals surface area contributed by atoms with E-state index in [4.69, 9.17) is 0 Å². The summed E-state index contributed by atoms with van der Waals surface area (Å²) in [7, 11) is 2.16. The van der Waals surface area contributed by atoms with Gasteiger partial charge in [-0.15, -0.1) is 0 Å². The number of amides is 2. The highest BCUT2D eigenvalue weighted by molar-refractivity contribution is 5.74. The highest BCUT2D eigenvalue weighted by atomic mass is 16.2. The van der Waals surface area contributed by atoms with Crippen molar-refractivity contribution in [1.29, 1.82) is 0 Å². The average molecular weight is 253 g/mol. The number of carbonyl (C=O) groups excluding carboxylic acids is 1. The van der Waals surface area contributed by atoms with Crippen molar-refractivity contribution in [1.82, 2.24) is 15.5 Å². The van der Waals surface area contributed by atoms with E-state index >= 15 is 0 Å². The van der Waals surface area contributed by atoms with Crippen LogP contribution >= 0.6 is 0 Å². The highest BCUT2D eigenvalue weighted by Gasteiger charge is 2.20. The molecule has 1 aliphatic carbocycles. The highest BCUT2D eigenvalue weighted by Crippen LogP contribution is 2.17. The zero-order chi connectivity index (χ0) is 12.8. The molecule has 2 amide bonds. The summed E-state index contributed by atoms with van der Waals surface area (Å²) in [6, 6.07) is 0.958. The fourth-order valence-corrected chi connectivity index (χ4v) is 3.10. The molecule has 18 heavy (non-hydrogen) atoms. The molecular formula is C14H27N3O. The molecule has 1 aliphatic heterocycles. The Morgan fingerprint density at radius 2 is 1.83 bits per heavy atom. The predicted molar refractivity (Wildman–Crippen MR) is 73.7 cm³/mol. The Labute approximate surface area is 110 Å². The Hall–Kier alpha value is -0.770. The van der Waals surface area contributed by atoms with Crippen LogP contribution in [0.1, 0.15) is 51.4 Å². The molecule has 0 aromatic rings. The number of carbonyl (C=O) groups is 1. The number of rotatable bonds is 3. The van der Waals surface area contributed by atoms with Crippen LogP contribution in [0.15, 0.2) is 0 Å². The standard InChI is InChI=1S/C14H27N3O/c1-17-10-6-5-9-13(17)11-15-14(18)16-12-7-3-2-4-8-12/h12-13H,2-11H2,1H3,(H2,15,16,18). The molecule has 4 nitrogen and oxygen atoms in total. The van der Waals surface area contributed by atoms with Crippen molar-refractivity contribution in [2.75, 3.05) is 20.1 Å². The van der Waals surface area contributed by atoms with Gasteiger partial charge in [0, 0.05) is 18.6 Å². The maximum atomic E-state index is 11.8. The zero-order valence-electron chi connectivity index (χ0n) is 11.6. The van der Waals surface area contributed by atoms with E-state index in [2.05, 4.69) is 22.6 Å². The number of hydrogen-bond acceptors (Lipinski definition) is 2. The van der Waals surface area contributed by atoms with E-state index in [1.54, 1.807) is 0 Å². The molecule has 1 saturated carbocycles. The summed E-state index contributed by atoms with van der Waals surface area (Å²) in [4.78, 5) is 14.2. The molecule has 0 radical (unpaired) electrons. The van der Waals surface area contributed by atoms with Gasteiger partial charge in [-0.2, -0.15) is 0 Å². The first-order valence-electron chi connectivity index (χ1n) is 7.50. The number of nitrogens with zero attached hydrogens (tertiary/aromatic N) is 1. The van der Waals surface area contributed by atoms with Crippen LogP contribution < -0.4 is 10.6 Å². The second-order valence-corrected chi connectivity index (χ2v) is 5.82. The second-order valence-electron chi connectivity index (χ2n) is 5.82. The summed E-state index contributed by atoms with van der Waals surface area (Å²) < 4.78 is 0. The third-order valence-corrected chi connectivity index (χ3v) is 4.36. The largest absolute Gasteiger partial charge is 0.337 e. The van der Waals surface area contributed by atoms with Crippen molar-refractivity contribution in [3.05, 3.63) is 0 Å². The molecule has 2 fully saturated rings. The molecular weight excluding hydrogens is 226 g/mol. The van der Waals surface area contributed by atoms with E-state index in [0.29, 0.717) is 12.1 Å².